The molecule has 1 aromatic rings. The van der Waals surface area contributed by atoms with E-state index in [1.165, 1.54) is 13.3 Å². The number of nitrogen functional groups attached to an aromatic ring is 1. The van der Waals surface area contributed by atoms with E-state index in [2.05, 4.69) is 20.6 Å². The normalized spacial score (nSPS) is 9.73. The number of hydrogen-bond donors (Lipinski definition) is 3. The van der Waals surface area contributed by atoms with E-state index in [1.807, 2.05) is 6.92 Å². The van der Waals surface area contributed by atoms with Crippen molar-refractivity contribution in [2.75, 3.05) is 24.1 Å². The van der Waals surface area contributed by atoms with Gasteiger partial charge in [0.15, 0.2) is 0 Å². The predicted octanol–water partition coefficient (Wildman–Crippen LogP) is -0.0848. The van der Waals surface area contributed by atoms with Crippen LogP contribution in [-0.2, 0) is 4.79 Å². The average molecular weight is 209 g/mol. The maximum Gasteiger partial charge on any atom is 0.216 e. The van der Waals surface area contributed by atoms with Crippen LogP contribution in [0.3, 0.4) is 0 Å². The average Bonchev–Trinajstić information content (AvgIpc) is 2.18. The third-order valence-electron chi connectivity index (χ3n) is 1.91. The summed E-state index contributed by atoms with van der Waals surface area (Å²) in [7, 11) is 0. The molecule has 1 heterocycles. The van der Waals surface area contributed by atoms with Gasteiger partial charge in [0.25, 0.3) is 0 Å². The fourth-order valence-electron chi connectivity index (χ4n) is 1.06. The first kappa shape index (κ1) is 11.2. The summed E-state index contributed by atoms with van der Waals surface area (Å²) in [5, 5.41) is 5.74. The number of hydrogen-bond acceptors (Lipinski definition) is 5. The van der Waals surface area contributed by atoms with Crippen molar-refractivity contribution in [3.8, 4) is 0 Å². The summed E-state index contributed by atoms with van der Waals surface area (Å²) in [4.78, 5) is 18.5. The summed E-state index contributed by atoms with van der Waals surface area (Å²) in [5.74, 6) is 1.12. The summed E-state index contributed by atoms with van der Waals surface area (Å²) in [6, 6.07) is 0. The lowest BCUT2D eigenvalue weighted by Crippen LogP contribution is -2.26. The standard InChI is InChI=1S/C9H15N5O/c1-6-8(10)13-5-14-9(6)12-4-3-11-7(2)15/h5H,3-4H2,1-2H3,(H,11,15)(H3,10,12,13,14). The van der Waals surface area contributed by atoms with Crippen molar-refractivity contribution >= 4 is 17.5 Å². The number of amides is 1. The summed E-state index contributed by atoms with van der Waals surface area (Å²) in [5.41, 5.74) is 6.43. The SMILES string of the molecule is CC(=O)NCCNc1ncnc(N)c1C. The van der Waals surface area contributed by atoms with Crippen molar-refractivity contribution in [1.29, 1.82) is 0 Å². The van der Waals surface area contributed by atoms with Gasteiger partial charge in [-0.05, 0) is 6.92 Å². The minimum atomic E-state index is -0.0456. The van der Waals surface area contributed by atoms with Gasteiger partial charge in [-0.1, -0.05) is 0 Å². The van der Waals surface area contributed by atoms with Gasteiger partial charge in [-0.15, -0.1) is 0 Å². The quantitative estimate of drug-likeness (QED) is 0.603. The predicted molar refractivity (Wildman–Crippen MR) is 58.4 cm³/mol. The zero-order valence-electron chi connectivity index (χ0n) is 8.87. The third kappa shape index (κ3) is 3.41. The summed E-state index contributed by atoms with van der Waals surface area (Å²) in [6.07, 6.45) is 1.41. The Labute approximate surface area is 88.3 Å². The fraction of sp³-hybridized carbons (Fsp3) is 0.444. The Morgan fingerprint density at radius 1 is 1.47 bits per heavy atom. The van der Waals surface area contributed by atoms with Crippen LogP contribution in [0.2, 0.25) is 0 Å². The zero-order chi connectivity index (χ0) is 11.3. The number of nitrogens with one attached hydrogen (secondary N) is 2. The fourth-order valence-corrected chi connectivity index (χ4v) is 1.06. The van der Waals surface area contributed by atoms with Crippen LogP contribution >= 0.6 is 0 Å². The monoisotopic (exact) mass is 209 g/mol. The van der Waals surface area contributed by atoms with Crippen molar-refractivity contribution in [2.45, 2.75) is 13.8 Å². The van der Waals surface area contributed by atoms with Crippen molar-refractivity contribution < 1.29 is 4.79 Å². The Morgan fingerprint density at radius 3 is 2.87 bits per heavy atom. The number of carbonyl (C=O) groups is 1. The van der Waals surface area contributed by atoms with E-state index in [0.717, 1.165) is 5.56 Å². The maximum absolute atomic E-state index is 10.6. The molecule has 0 unspecified atom stereocenters. The molecule has 0 radical (unpaired) electrons. The number of nitrogens with two attached hydrogens (primary N) is 1. The highest BCUT2D eigenvalue weighted by Crippen LogP contribution is 2.13. The van der Waals surface area contributed by atoms with Crippen LogP contribution < -0.4 is 16.4 Å². The minimum absolute atomic E-state index is 0.0456. The molecule has 4 N–H and O–H groups in total. The molecule has 0 aromatic carbocycles. The van der Waals surface area contributed by atoms with E-state index < -0.39 is 0 Å². The molecule has 0 spiro atoms. The van der Waals surface area contributed by atoms with Crippen LogP contribution in [0.4, 0.5) is 11.6 Å². The van der Waals surface area contributed by atoms with Crippen molar-refractivity contribution in [3.63, 3.8) is 0 Å². The molecule has 0 aliphatic heterocycles. The lowest BCUT2D eigenvalue weighted by Gasteiger charge is -2.09. The van der Waals surface area contributed by atoms with Gasteiger partial charge in [0.1, 0.15) is 18.0 Å². The molecule has 82 valence electrons. The molecule has 1 rings (SSSR count). The van der Waals surface area contributed by atoms with E-state index in [0.29, 0.717) is 24.7 Å². The molecule has 0 aliphatic carbocycles. The van der Waals surface area contributed by atoms with Gasteiger partial charge < -0.3 is 16.4 Å². The van der Waals surface area contributed by atoms with Gasteiger partial charge in [0.05, 0.1) is 0 Å². The lowest BCUT2D eigenvalue weighted by atomic mass is 10.3. The Hall–Kier alpha value is -1.85. The van der Waals surface area contributed by atoms with Crippen LogP contribution in [0.5, 0.6) is 0 Å². The highest BCUT2D eigenvalue weighted by atomic mass is 16.1. The molecule has 6 nitrogen and oxygen atoms in total. The lowest BCUT2D eigenvalue weighted by molar-refractivity contribution is -0.118. The van der Waals surface area contributed by atoms with Crippen molar-refractivity contribution in [1.82, 2.24) is 15.3 Å². The number of rotatable bonds is 4. The van der Waals surface area contributed by atoms with Crippen molar-refractivity contribution in [3.05, 3.63) is 11.9 Å². The Bertz CT molecular complexity index is 352. The van der Waals surface area contributed by atoms with E-state index >= 15 is 0 Å². The van der Waals surface area contributed by atoms with Crippen LogP contribution in [0, 0.1) is 6.92 Å². The molecule has 0 atom stereocenters. The van der Waals surface area contributed by atoms with Gasteiger partial charge in [-0.2, -0.15) is 0 Å². The van der Waals surface area contributed by atoms with Gasteiger partial charge in [-0.25, -0.2) is 9.97 Å². The van der Waals surface area contributed by atoms with Gasteiger partial charge in [0, 0.05) is 25.6 Å². The summed E-state index contributed by atoms with van der Waals surface area (Å²) in [6.45, 7) is 4.49. The third-order valence-corrected chi connectivity index (χ3v) is 1.91. The molecule has 1 aromatic heterocycles. The second kappa shape index (κ2) is 5.14. The van der Waals surface area contributed by atoms with E-state index in [9.17, 15) is 4.79 Å². The first-order valence-corrected chi connectivity index (χ1v) is 4.66. The minimum Gasteiger partial charge on any atom is -0.383 e. The van der Waals surface area contributed by atoms with Crippen LogP contribution in [-0.4, -0.2) is 29.0 Å². The summed E-state index contributed by atoms with van der Waals surface area (Å²) < 4.78 is 0. The summed E-state index contributed by atoms with van der Waals surface area (Å²) >= 11 is 0. The molecule has 0 aliphatic rings. The van der Waals surface area contributed by atoms with Gasteiger partial charge >= 0.3 is 0 Å². The van der Waals surface area contributed by atoms with Crippen molar-refractivity contribution in [2.24, 2.45) is 0 Å². The first-order chi connectivity index (χ1) is 7.11. The number of aromatic nitrogens is 2. The van der Waals surface area contributed by atoms with Crippen LogP contribution in [0.15, 0.2) is 6.33 Å². The second-order valence-electron chi connectivity index (χ2n) is 3.14. The van der Waals surface area contributed by atoms with E-state index in [-0.39, 0.29) is 5.91 Å². The number of anilines is 2. The number of carbonyl (C=O) groups excluding carboxylic acids is 1. The smallest absolute Gasteiger partial charge is 0.216 e. The number of nitrogens with zero attached hydrogens (tertiary/aromatic N) is 2. The molecule has 0 saturated carbocycles. The zero-order valence-corrected chi connectivity index (χ0v) is 8.87. The second-order valence-corrected chi connectivity index (χ2v) is 3.14. The van der Waals surface area contributed by atoms with E-state index in [1.54, 1.807) is 0 Å². The molecule has 0 fully saturated rings. The Balaban J connectivity index is 2.44. The van der Waals surface area contributed by atoms with Gasteiger partial charge in [0.2, 0.25) is 5.91 Å². The topological polar surface area (TPSA) is 92.9 Å². The molecule has 1 amide bonds. The first-order valence-electron chi connectivity index (χ1n) is 4.66. The van der Waals surface area contributed by atoms with Crippen LogP contribution in [0.25, 0.3) is 0 Å². The Morgan fingerprint density at radius 2 is 2.20 bits per heavy atom. The Kier molecular flexibility index (Phi) is 3.84. The van der Waals surface area contributed by atoms with E-state index in [4.69, 9.17) is 5.73 Å². The highest BCUT2D eigenvalue weighted by Gasteiger charge is 2.02. The molecular formula is C9H15N5O. The molecule has 6 heteroatoms. The van der Waals surface area contributed by atoms with Gasteiger partial charge in [-0.3, -0.25) is 4.79 Å². The molecule has 15 heavy (non-hydrogen) atoms. The molecule has 0 saturated heterocycles. The maximum atomic E-state index is 10.6. The molecule has 0 bridgehead atoms. The largest absolute Gasteiger partial charge is 0.383 e. The highest BCUT2D eigenvalue weighted by molar-refractivity contribution is 5.72. The van der Waals surface area contributed by atoms with Crippen LogP contribution in [0.1, 0.15) is 12.5 Å². The molecular weight excluding hydrogens is 194 g/mol.